The van der Waals surface area contributed by atoms with E-state index in [1.165, 1.54) is 12.5 Å². The molecule has 6 heteroatoms. The fourth-order valence-electron chi connectivity index (χ4n) is 5.18. The van der Waals surface area contributed by atoms with Crippen molar-refractivity contribution in [1.29, 1.82) is 0 Å². The van der Waals surface area contributed by atoms with Crippen LogP contribution >= 0.6 is 0 Å². The summed E-state index contributed by atoms with van der Waals surface area (Å²) in [4.78, 5) is 11.8. The second kappa shape index (κ2) is 10.4. The van der Waals surface area contributed by atoms with Gasteiger partial charge in [-0.25, -0.2) is 0 Å². The van der Waals surface area contributed by atoms with Crippen molar-refractivity contribution in [3.8, 4) is 11.8 Å². The van der Waals surface area contributed by atoms with Crippen LogP contribution in [-0.4, -0.2) is 58.8 Å². The molecule has 5 atom stereocenters. The minimum Gasteiger partial charge on any atom is -0.394 e. The van der Waals surface area contributed by atoms with Crippen LogP contribution < -0.4 is 5.32 Å². The molecule has 0 spiro atoms. The predicted molar refractivity (Wildman–Crippen MR) is 121 cm³/mol. The highest BCUT2D eigenvalue weighted by atomic mass is 16.6. The van der Waals surface area contributed by atoms with Crippen molar-refractivity contribution < 1.29 is 24.5 Å². The molecule has 2 heterocycles. The number of fused-ring (bicyclic) bond motifs is 1. The summed E-state index contributed by atoms with van der Waals surface area (Å²) in [7, 11) is 0. The van der Waals surface area contributed by atoms with Crippen LogP contribution in [0.4, 0.5) is 0 Å². The lowest BCUT2D eigenvalue weighted by atomic mass is 9.88. The third-order valence-electron chi connectivity index (χ3n) is 6.97. The second-order valence-electron chi connectivity index (χ2n) is 9.54. The number of nitrogens with one attached hydrogen (secondary N) is 1. The molecular weight excluding hydrogens is 406 g/mol. The maximum Gasteiger partial charge on any atom is 0.217 e. The Morgan fingerprint density at radius 3 is 2.59 bits per heavy atom. The van der Waals surface area contributed by atoms with Crippen LogP contribution in [0.2, 0.25) is 0 Å². The SMILES string of the molecule is CC(=O)N[C@@H]1C[C@@H]2O[C@@H](CO)CC[C@@H]2O[C@@H]1CCc1ccc(C#CC2(O)CCCC2)cc1. The summed E-state index contributed by atoms with van der Waals surface area (Å²) in [5, 5.41) is 22.9. The minimum atomic E-state index is -0.812. The van der Waals surface area contributed by atoms with Gasteiger partial charge in [-0.15, -0.1) is 0 Å². The molecule has 2 saturated heterocycles. The van der Waals surface area contributed by atoms with E-state index < -0.39 is 5.60 Å². The largest absolute Gasteiger partial charge is 0.394 e. The maximum atomic E-state index is 11.8. The number of aliphatic hydroxyl groups is 2. The summed E-state index contributed by atoms with van der Waals surface area (Å²) >= 11 is 0. The number of aryl methyl sites for hydroxylation is 1. The Kier molecular flexibility index (Phi) is 7.52. The van der Waals surface area contributed by atoms with Crippen LogP contribution in [0.3, 0.4) is 0 Å². The molecule has 174 valence electrons. The molecule has 0 radical (unpaired) electrons. The van der Waals surface area contributed by atoms with E-state index >= 15 is 0 Å². The van der Waals surface area contributed by atoms with E-state index in [1.54, 1.807) is 0 Å². The van der Waals surface area contributed by atoms with Gasteiger partial charge in [-0.05, 0) is 75.5 Å². The van der Waals surface area contributed by atoms with Gasteiger partial charge < -0.3 is 25.0 Å². The molecular formula is C26H35NO5. The van der Waals surface area contributed by atoms with Crippen LogP contribution in [0, 0.1) is 11.8 Å². The highest BCUT2D eigenvalue weighted by molar-refractivity contribution is 5.73. The molecule has 0 bridgehead atoms. The standard InChI is InChI=1S/C26H35NO5/c1-18(29)27-22-16-25-24(11-9-21(17-28)31-25)32-23(22)10-8-19-4-6-20(7-5-19)12-15-26(30)13-2-3-14-26/h4-7,21-25,28,30H,2-3,8-11,13-14,16-17H2,1H3,(H,27,29)/t21-,22-,23-,24+,25+/m1/s1. The number of amides is 1. The zero-order valence-electron chi connectivity index (χ0n) is 18.9. The summed E-state index contributed by atoms with van der Waals surface area (Å²) in [5.41, 5.74) is 1.30. The quantitative estimate of drug-likeness (QED) is 0.611. The zero-order valence-corrected chi connectivity index (χ0v) is 18.9. The predicted octanol–water partition coefficient (Wildman–Crippen LogP) is 2.48. The van der Waals surface area contributed by atoms with Crippen molar-refractivity contribution in [3.05, 3.63) is 35.4 Å². The van der Waals surface area contributed by atoms with Crippen molar-refractivity contribution in [2.75, 3.05) is 6.61 Å². The van der Waals surface area contributed by atoms with Crippen molar-refractivity contribution in [2.45, 2.75) is 101 Å². The monoisotopic (exact) mass is 441 g/mol. The molecule has 2 aliphatic heterocycles. The van der Waals surface area contributed by atoms with Crippen molar-refractivity contribution in [2.24, 2.45) is 0 Å². The number of hydrogen-bond donors (Lipinski definition) is 3. The first-order valence-electron chi connectivity index (χ1n) is 12.0. The van der Waals surface area contributed by atoms with Gasteiger partial charge in [0.15, 0.2) is 0 Å². The van der Waals surface area contributed by atoms with Gasteiger partial charge in [0.25, 0.3) is 0 Å². The Hall–Kier alpha value is -1.91. The topological polar surface area (TPSA) is 88.0 Å². The molecule has 6 nitrogen and oxygen atoms in total. The average Bonchev–Trinajstić information content (AvgIpc) is 3.23. The molecule has 1 aromatic carbocycles. The van der Waals surface area contributed by atoms with Gasteiger partial charge in [-0.3, -0.25) is 4.79 Å². The summed E-state index contributed by atoms with van der Waals surface area (Å²) in [6, 6.07) is 8.08. The van der Waals surface area contributed by atoms with Crippen LogP contribution in [0.5, 0.6) is 0 Å². The van der Waals surface area contributed by atoms with Crippen LogP contribution in [0.25, 0.3) is 0 Å². The summed E-state index contributed by atoms with van der Waals surface area (Å²) in [6.07, 6.45) is 7.40. The molecule has 0 unspecified atom stereocenters. The lowest BCUT2D eigenvalue weighted by molar-refractivity contribution is -0.202. The van der Waals surface area contributed by atoms with E-state index in [0.717, 1.165) is 56.9 Å². The number of ether oxygens (including phenoxy) is 2. The van der Waals surface area contributed by atoms with E-state index in [0.29, 0.717) is 6.42 Å². The van der Waals surface area contributed by atoms with Crippen molar-refractivity contribution >= 4 is 5.91 Å². The van der Waals surface area contributed by atoms with Crippen LogP contribution in [-0.2, 0) is 20.7 Å². The zero-order chi connectivity index (χ0) is 22.6. The number of carbonyl (C=O) groups excluding carboxylic acids is 1. The van der Waals surface area contributed by atoms with Gasteiger partial charge >= 0.3 is 0 Å². The number of aliphatic hydroxyl groups excluding tert-OH is 1. The number of benzene rings is 1. The average molecular weight is 442 g/mol. The van der Waals surface area contributed by atoms with E-state index in [1.807, 2.05) is 12.1 Å². The van der Waals surface area contributed by atoms with Crippen LogP contribution in [0.15, 0.2) is 24.3 Å². The molecule has 1 aromatic rings. The maximum absolute atomic E-state index is 11.8. The van der Waals surface area contributed by atoms with Crippen molar-refractivity contribution in [3.63, 3.8) is 0 Å². The Balaban J connectivity index is 1.35. The minimum absolute atomic E-state index is 0.0202. The van der Waals surface area contributed by atoms with E-state index in [9.17, 15) is 15.0 Å². The molecule has 1 saturated carbocycles. The first kappa shape index (κ1) is 23.3. The first-order valence-corrected chi connectivity index (χ1v) is 12.0. The molecule has 3 fully saturated rings. The molecule has 1 amide bonds. The van der Waals surface area contributed by atoms with Gasteiger partial charge in [0.05, 0.1) is 37.1 Å². The molecule has 3 N–H and O–H groups in total. The van der Waals surface area contributed by atoms with Gasteiger partial charge in [0, 0.05) is 12.5 Å². The summed E-state index contributed by atoms with van der Waals surface area (Å²) in [6.45, 7) is 1.56. The van der Waals surface area contributed by atoms with Gasteiger partial charge in [0.1, 0.15) is 5.60 Å². The van der Waals surface area contributed by atoms with Gasteiger partial charge in [0.2, 0.25) is 5.91 Å². The molecule has 32 heavy (non-hydrogen) atoms. The lowest BCUT2D eigenvalue weighted by Crippen LogP contribution is -2.57. The van der Waals surface area contributed by atoms with Gasteiger partial charge in [-0.2, -0.15) is 0 Å². The van der Waals surface area contributed by atoms with Gasteiger partial charge in [-0.1, -0.05) is 24.0 Å². The summed E-state index contributed by atoms with van der Waals surface area (Å²) in [5.74, 6) is 6.11. The smallest absolute Gasteiger partial charge is 0.217 e. The van der Waals surface area contributed by atoms with E-state index in [-0.39, 0.29) is 43.0 Å². The Bertz CT molecular complexity index is 836. The normalized spacial score (nSPS) is 31.3. The first-order chi connectivity index (χ1) is 15.4. The Morgan fingerprint density at radius 1 is 1.16 bits per heavy atom. The van der Waals surface area contributed by atoms with Crippen molar-refractivity contribution in [1.82, 2.24) is 5.32 Å². The fraction of sp³-hybridized carbons (Fsp3) is 0.654. The third-order valence-corrected chi connectivity index (χ3v) is 6.97. The Labute approximate surface area is 190 Å². The Morgan fingerprint density at radius 2 is 1.91 bits per heavy atom. The second-order valence-corrected chi connectivity index (χ2v) is 9.54. The molecule has 1 aliphatic carbocycles. The lowest BCUT2D eigenvalue weighted by Gasteiger charge is -2.45. The summed E-state index contributed by atoms with van der Waals surface area (Å²) < 4.78 is 12.4. The molecule has 3 aliphatic rings. The molecule has 0 aromatic heterocycles. The molecule has 4 rings (SSSR count). The third kappa shape index (κ3) is 5.90. The van der Waals surface area contributed by atoms with E-state index in [2.05, 4.69) is 29.3 Å². The fourth-order valence-corrected chi connectivity index (χ4v) is 5.18. The highest BCUT2D eigenvalue weighted by Crippen LogP contribution is 2.33. The number of rotatable bonds is 5. The highest BCUT2D eigenvalue weighted by Gasteiger charge is 2.42. The number of hydrogen-bond acceptors (Lipinski definition) is 5. The van der Waals surface area contributed by atoms with Crippen LogP contribution in [0.1, 0.15) is 69.4 Å². The van der Waals surface area contributed by atoms with E-state index in [4.69, 9.17) is 9.47 Å². The number of carbonyl (C=O) groups is 1.